The highest BCUT2D eigenvalue weighted by Crippen LogP contribution is 2.27. The molecule has 5 nitrogen and oxygen atoms in total. The first kappa shape index (κ1) is 15.0. The van der Waals surface area contributed by atoms with Crippen LogP contribution in [0.2, 0.25) is 0 Å². The van der Waals surface area contributed by atoms with E-state index in [0.29, 0.717) is 0 Å². The van der Waals surface area contributed by atoms with Gasteiger partial charge in [0.25, 0.3) is 10.1 Å². The van der Waals surface area contributed by atoms with Crippen LogP contribution in [-0.2, 0) is 19.6 Å². The van der Waals surface area contributed by atoms with E-state index in [-0.39, 0.29) is 11.7 Å². The Bertz CT molecular complexity index is 546. The van der Waals surface area contributed by atoms with Crippen LogP contribution in [0.1, 0.15) is 42.9 Å². The summed E-state index contributed by atoms with van der Waals surface area (Å²) in [4.78, 5) is 12.1. The van der Waals surface area contributed by atoms with Crippen LogP contribution in [-0.4, -0.2) is 25.0 Å². The number of rotatable bonds is 4. The molecule has 0 bridgehead atoms. The molecular weight excluding hydrogens is 280 g/mol. The van der Waals surface area contributed by atoms with Crippen LogP contribution in [0.4, 0.5) is 0 Å². The first-order chi connectivity index (χ1) is 9.48. The van der Waals surface area contributed by atoms with E-state index < -0.39 is 21.3 Å². The van der Waals surface area contributed by atoms with Crippen molar-refractivity contribution in [1.29, 1.82) is 0 Å². The molecular formula is C14H18O5S. The van der Waals surface area contributed by atoms with Gasteiger partial charge in [0.05, 0.1) is 0 Å². The SMILES string of the molecule is O=C(OC1CCCCC1)C(c1ccccc1)S(=O)(=O)O. The molecule has 0 aromatic heterocycles. The molecule has 2 rings (SSSR count). The Morgan fingerprint density at radius 3 is 2.30 bits per heavy atom. The Balaban J connectivity index is 2.17. The molecule has 0 spiro atoms. The van der Waals surface area contributed by atoms with Gasteiger partial charge in [-0.05, 0) is 31.2 Å². The quantitative estimate of drug-likeness (QED) is 0.682. The third-order valence-corrected chi connectivity index (χ3v) is 4.51. The number of esters is 1. The average molecular weight is 298 g/mol. The molecule has 1 N–H and O–H groups in total. The number of benzene rings is 1. The maximum absolute atomic E-state index is 12.1. The molecule has 1 aromatic rings. The van der Waals surface area contributed by atoms with Crippen molar-refractivity contribution in [1.82, 2.24) is 0 Å². The van der Waals surface area contributed by atoms with Gasteiger partial charge in [-0.15, -0.1) is 0 Å². The average Bonchev–Trinajstić information content (AvgIpc) is 2.39. The zero-order valence-corrected chi connectivity index (χ0v) is 11.9. The van der Waals surface area contributed by atoms with Gasteiger partial charge in [-0.3, -0.25) is 9.35 Å². The zero-order chi connectivity index (χ0) is 14.6. The second-order valence-electron chi connectivity index (χ2n) is 5.00. The predicted octanol–water partition coefficient (Wildman–Crippen LogP) is 2.49. The molecule has 1 atom stereocenters. The number of carbonyl (C=O) groups is 1. The number of hydrogen-bond donors (Lipinski definition) is 1. The maximum Gasteiger partial charge on any atom is 0.331 e. The van der Waals surface area contributed by atoms with Crippen LogP contribution in [0.15, 0.2) is 30.3 Å². The molecule has 0 aliphatic heterocycles. The topological polar surface area (TPSA) is 80.7 Å². The largest absolute Gasteiger partial charge is 0.461 e. The predicted molar refractivity (Wildman–Crippen MR) is 73.7 cm³/mol. The molecule has 0 saturated heterocycles. The molecule has 1 aromatic carbocycles. The highest BCUT2D eigenvalue weighted by molar-refractivity contribution is 7.86. The molecule has 1 fully saturated rings. The molecule has 1 saturated carbocycles. The van der Waals surface area contributed by atoms with E-state index in [2.05, 4.69) is 0 Å². The minimum atomic E-state index is -4.54. The summed E-state index contributed by atoms with van der Waals surface area (Å²) in [5.41, 5.74) is 0.218. The lowest BCUT2D eigenvalue weighted by molar-refractivity contribution is -0.150. The summed E-state index contributed by atoms with van der Waals surface area (Å²) in [6.07, 6.45) is 4.30. The van der Waals surface area contributed by atoms with Crippen molar-refractivity contribution in [3.05, 3.63) is 35.9 Å². The summed E-state index contributed by atoms with van der Waals surface area (Å²) in [7, 11) is -4.54. The van der Waals surface area contributed by atoms with Crippen molar-refractivity contribution in [2.45, 2.75) is 43.5 Å². The van der Waals surface area contributed by atoms with Crippen LogP contribution < -0.4 is 0 Å². The summed E-state index contributed by atoms with van der Waals surface area (Å²) < 4.78 is 37.5. The molecule has 110 valence electrons. The van der Waals surface area contributed by atoms with E-state index in [0.717, 1.165) is 32.1 Å². The third-order valence-electron chi connectivity index (χ3n) is 3.45. The van der Waals surface area contributed by atoms with Crippen molar-refractivity contribution in [3.8, 4) is 0 Å². The third kappa shape index (κ3) is 3.80. The van der Waals surface area contributed by atoms with Gasteiger partial charge in [0.1, 0.15) is 6.10 Å². The standard InChI is InChI=1S/C14H18O5S/c15-14(19-12-9-5-2-6-10-12)13(20(16,17)18)11-7-3-1-4-8-11/h1,3-4,7-8,12-13H,2,5-6,9-10H2,(H,16,17,18). The number of hydrogen-bond acceptors (Lipinski definition) is 4. The Labute approximate surface area is 118 Å². The summed E-state index contributed by atoms with van der Waals surface area (Å²) in [5.74, 6) is -0.898. The van der Waals surface area contributed by atoms with E-state index in [1.807, 2.05) is 0 Å². The zero-order valence-electron chi connectivity index (χ0n) is 11.1. The number of ether oxygens (including phenoxy) is 1. The fraction of sp³-hybridized carbons (Fsp3) is 0.500. The van der Waals surface area contributed by atoms with E-state index in [1.54, 1.807) is 18.2 Å². The molecule has 0 amide bonds. The maximum atomic E-state index is 12.1. The molecule has 0 heterocycles. The van der Waals surface area contributed by atoms with Crippen LogP contribution in [0, 0.1) is 0 Å². The van der Waals surface area contributed by atoms with Crippen molar-refractivity contribution in [2.75, 3.05) is 0 Å². The summed E-state index contributed by atoms with van der Waals surface area (Å²) in [5, 5.41) is -1.66. The smallest absolute Gasteiger partial charge is 0.331 e. The van der Waals surface area contributed by atoms with Crippen molar-refractivity contribution < 1.29 is 22.5 Å². The van der Waals surface area contributed by atoms with Gasteiger partial charge in [-0.1, -0.05) is 36.8 Å². The lowest BCUT2D eigenvalue weighted by Crippen LogP contribution is -2.29. The van der Waals surface area contributed by atoms with Gasteiger partial charge in [-0.2, -0.15) is 8.42 Å². The highest BCUT2D eigenvalue weighted by atomic mass is 32.2. The van der Waals surface area contributed by atoms with Gasteiger partial charge in [-0.25, -0.2) is 0 Å². The van der Waals surface area contributed by atoms with Crippen molar-refractivity contribution >= 4 is 16.1 Å². The molecule has 0 radical (unpaired) electrons. The van der Waals surface area contributed by atoms with Crippen molar-refractivity contribution in [3.63, 3.8) is 0 Å². The van der Waals surface area contributed by atoms with Crippen LogP contribution in [0.3, 0.4) is 0 Å². The van der Waals surface area contributed by atoms with E-state index in [9.17, 15) is 17.8 Å². The molecule has 1 aliphatic rings. The molecule has 6 heteroatoms. The summed E-state index contributed by atoms with van der Waals surface area (Å²) in [6, 6.07) is 7.90. The fourth-order valence-corrected chi connectivity index (χ4v) is 3.27. The monoisotopic (exact) mass is 298 g/mol. The Morgan fingerprint density at radius 2 is 1.75 bits per heavy atom. The number of carbonyl (C=O) groups excluding carboxylic acids is 1. The lowest BCUT2D eigenvalue weighted by Gasteiger charge is -2.23. The molecule has 1 unspecified atom stereocenters. The lowest BCUT2D eigenvalue weighted by atomic mass is 9.98. The van der Waals surface area contributed by atoms with Gasteiger partial charge >= 0.3 is 5.97 Å². The molecule has 20 heavy (non-hydrogen) atoms. The van der Waals surface area contributed by atoms with Crippen LogP contribution in [0.25, 0.3) is 0 Å². The highest BCUT2D eigenvalue weighted by Gasteiger charge is 2.35. The molecule has 1 aliphatic carbocycles. The summed E-state index contributed by atoms with van der Waals surface area (Å²) in [6.45, 7) is 0. The van der Waals surface area contributed by atoms with Crippen LogP contribution >= 0.6 is 0 Å². The van der Waals surface area contributed by atoms with Crippen molar-refractivity contribution in [2.24, 2.45) is 0 Å². The van der Waals surface area contributed by atoms with Gasteiger partial charge < -0.3 is 4.74 Å². The Hall–Kier alpha value is -1.40. The minimum Gasteiger partial charge on any atom is -0.461 e. The Morgan fingerprint density at radius 1 is 1.15 bits per heavy atom. The van der Waals surface area contributed by atoms with Gasteiger partial charge in [0.15, 0.2) is 0 Å². The first-order valence-electron chi connectivity index (χ1n) is 6.70. The normalized spacial score (nSPS) is 18.4. The Kier molecular flexibility index (Phi) is 4.77. The van der Waals surface area contributed by atoms with Gasteiger partial charge in [0, 0.05) is 0 Å². The van der Waals surface area contributed by atoms with Gasteiger partial charge in [0.2, 0.25) is 5.25 Å². The second-order valence-corrected chi connectivity index (χ2v) is 6.50. The van der Waals surface area contributed by atoms with E-state index in [1.165, 1.54) is 12.1 Å². The first-order valence-corrected chi connectivity index (χ1v) is 8.20. The second kappa shape index (κ2) is 6.37. The van der Waals surface area contributed by atoms with E-state index >= 15 is 0 Å². The minimum absolute atomic E-state index is 0.218. The summed E-state index contributed by atoms with van der Waals surface area (Å²) >= 11 is 0. The van der Waals surface area contributed by atoms with Crippen LogP contribution in [0.5, 0.6) is 0 Å². The van der Waals surface area contributed by atoms with E-state index in [4.69, 9.17) is 4.74 Å². The fourth-order valence-electron chi connectivity index (χ4n) is 2.47.